The Kier molecular flexibility index (Phi) is 7.80. The van der Waals surface area contributed by atoms with Crippen LogP contribution in [0.4, 0.5) is 0 Å². The van der Waals surface area contributed by atoms with E-state index in [4.69, 9.17) is 9.84 Å². The fourth-order valence-corrected chi connectivity index (χ4v) is 3.56. The lowest BCUT2D eigenvalue weighted by Gasteiger charge is -2.11. The topological polar surface area (TPSA) is 46.5 Å². The Labute approximate surface area is 185 Å². The molecule has 3 rings (SSSR count). The van der Waals surface area contributed by atoms with E-state index < -0.39 is 12.6 Å². The predicted octanol–water partition coefficient (Wildman–Crippen LogP) is 6.52. The summed E-state index contributed by atoms with van der Waals surface area (Å²) >= 11 is 0. The summed E-state index contributed by atoms with van der Waals surface area (Å²) < 4.78 is 5.20. The van der Waals surface area contributed by atoms with Gasteiger partial charge in [0, 0.05) is 0 Å². The average molecular weight is 415 g/mol. The summed E-state index contributed by atoms with van der Waals surface area (Å²) in [5, 5.41) is 8.96. The smallest absolute Gasteiger partial charge is 0.341 e. The molecule has 3 heteroatoms. The van der Waals surface area contributed by atoms with Crippen molar-refractivity contribution in [1.29, 1.82) is 0 Å². The van der Waals surface area contributed by atoms with Crippen molar-refractivity contribution in [3.8, 4) is 28.0 Å². The molecule has 0 spiro atoms. The van der Waals surface area contributed by atoms with Crippen LogP contribution in [-0.4, -0.2) is 17.7 Å². The number of rotatable bonds is 9. The SMILES string of the molecule is C=C(CO)C(=O)Oc1ccc(-c2ccc(-c3ccc(CCCCC)cc3)c(C)c2)cc1. The molecule has 0 saturated carbocycles. The largest absolute Gasteiger partial charge is 0.423 e. The Morgan fingerprint density at radius 3 is 2.16 bits per heavy atom. The van der Waals surface area contributed by atoms with Gasteiger partial charge >= 0.3 is 5.97 Å². The zero-order valence-corrected chi connectivity index (χ0v) is 18.4. The van der Waals surface area contributed by atoms with Gasteiger partial charge in [0.2, 0.25) is 0 Å². The van der Waals surface area contributed by atoms with Crippen LogP contribution in [0.25, 0.3) is 22.3 Å². The second-order valence-electron chi connectivity index (χ2n) is 7.86. The second kappa shape index (κ2) is 10.7. The number of unbranched alkanes of at least 4 members (excludes halogenated alkanes) is 2. The van der Waals surface area contributed by atoms with Crippen LogP contribution in [0.15, 0.2) is 78.9 Å². The summed E-state index contributed by atoms with van der Waals surface area (Å²) in [6.45, 7) is 7.42. The molecule has 0 aliphatic heterocycles. The third-order valence-electron chi connectivity index (χ3n) is 5.44. The molecule has 0 saturated heterocycles. The molecular formula is C28H30O3. The minimum atomic E-state index is -0.619. The fourth-order valence-electron chi connectivity index (χ4n) is 3.56. The monoisotopic (exact) mass is 414 g/mol. The van der Waals surface area contributed by atoms with Gasteiger partial charge in [0.1, 0.15) is 5.75 Å². The van der Waals surface area contributed by atoms with Crippen molar-refractivity contribution in [3.05, 3.63) is 90.0 Å². The molecule has 0 amide bonds. The number of hydrogen-bond acceptors (Lipinski definition) is 3. The maximum atomic E-state index is 11.7. The van der Waals surface area contributed by atoms with Crippen LogP contribution in [0, 0.1) is 6.92 Å². The van der Waals surface area contributed by atoms with Gasteiger partial charge in [-0.3, -0.25) is 0 Å². The van der Waals surface area contributed by atoms with E-state index in [0.717, 1.165) is 17.5 Å². The molecule has 0 heterocycles. The van der Waals surface area contributed by atoms with Crippen molar-refractivity contribution in [2.75, 3.05) is 6.61 Å². The lowest BCUT2D eigenvalue weighted by atomic mass is 9.94. The number of aliphatic hydroxyl groups excluding tert-OH is 1. The Hall–Kier alpha value is -3.17. The van der Waals surface area contributed by atoms with Crippen molar-refractivity contribution >= 4 is 5.97 Å². The number of hydrogen-bond donors (Lipinski definition) is 1. The molecule has 0 aliphatic rings. The molecule has 3 nitrogen and oxygen atoms in total. The van der Waals surface area contributed by atoms with Crippen molar-refractivity contribution in [2.24, 2.45) is 0 Å². The first-order chi connectivity index (χ1) is 15.0. The van der Waals surface area contributed by atoms with E-state index in [1.54, 1.807) is 12.1 Å². The van der Waals surface area contributed by atoms with E-state index in [9.17, 15) is 4.79 Å². The van der Waals surface area contributed by atoms with Crippen LogP contribution >= 0.6 is 0 Å². The van der Waals surface area contributed by atoms with Crippen molar-refractivity contribution in [1.82, 2.24) is 0 Å². The van der Waals surface area contributed by atoms with E-state index in [1.165, 1.54) is 41.5 Å². The standard InChI is InChI=1S/C28H30O3/c1-4-5-6-7-22-8-10-24(11-9-22)27-17-14-25(18-20(27)2)23-12-15-26(16-13-23)31-28(30)21(3)19-29/h8-18,29H,3-7,19H2,1-2H3. The zero-order chi connectivity index (χ0) is 22.2. The molecule has 0 bridgehead atoms. The normalized spacial score (nSPS) is 10.7. The predicted molar refractivity (Wildman–Crippen MR) is 127 cm³/mol. The maximum absolute atomic E-state index is 11.7. The van der Waals surface area contributed by atoms with Crippen molar-refractivity contribution in [3.63, 3.8) is 0 Å². The van der Waals surface area contributed by atoms with Crippen LogP contribution in [0.1, 0.15) is 37.3 Å². The molecule has 0 fully saturated rings. The van der Waals surface area contributed by atoms with E-state index in [1.807, 2.05) is 12.1 Å². The highest BCUT2D eigenvalue weighted by Crippen LogP contribution is 2.30. The van der Waals surface area contributed by atoms with Gasteiger partial charge in [-0.15, -0.1) is 0 Å². The van der Waals surface area contributed by atoms with Gasteiger partial charge in [-0.05, 0) is 65.3 Å². The van der Waals surface area contributed by atoms with E-state index in [0.29, 0.717) is 5.75 Å². The van der Waals surface area contributed by atoms with Gasteiger partial charge in [0.15, 0.2) is 0 Å². The van der Waals surface area contributed by atoms with Crippen LogP contribution in [0.3, 0.4) is 0 Å². The minimum absolute atomic E-state index is 0.0317. The molecule has 0 atom stereocenters. The molecule has 0 radical (unpaired) electrons. The van der Waals surface area contributed by atoms with Gasteiger partial charge < -0.3 is 9.84 Å². The number of aliphatic hydroxyl groups is 1. The van der Waals surface area contributed by atoms with Crippen LogP contribution in [-0.2, 0) is 11.2 Å². The lowest BCUT2D eigenvalue weighted by Crippen LogP contribution is -2.12. The van der Waals surface area contributed by atoms with Gasteiger partial charge in [0.05, 0.1) is 12.2 Å². The average Bonchev–Trinajstić information content (AvgIpc) is 2.79. The first-order valence-corrected chi connectivity index (χ1v) is 10.8. The molecule has 1 N–H and O–H groups in total. The summed E-state index contributed by atoms with van der Waals surface area (Å²) in [5.41, 5.74) is 7.26. The first-order valence-electron chi connectivity index (χ1n) is 10.8. The lowest BCUT2D eigenvalue weighted by molar-refractivity contribution is -0.130. The summed E-state index contributed by atoms with van der Waals surface area (Å²) in [7, 11) is 0. The molecule has 3 aromatic carbocycles. The zero-order valence-electron chi connectivity index (χ0n) is 18.4. The number of esters is 1. The van der Waals surface area contributed by atoms with E-state index in [-0.39, 0.29) is 5.57 Å². The van der Waals surface area contributed by atoms with Crippen molar-refractivity contribution < 1.29 is 14.6 Å². The number of carbonyl (C=O) groups excluding carboxylic acids is 1. The maximum Gasteiger partial charge on any atom is 0.341 e. The van der Waals surface area contributed by atoms with Crippen LogP contribution in [0.2, 0.25) is 0 Å². The summed E-state index contributed by atoms with van der Waals surface area (Å²) in [6, 6.07) is 22.7. The Balaban J connectivity index is 1.72. The van der Waals surface area contributed by atoms with Gasteiger partial charge in [-0.2, -0.15) is 0 Å². The minimum Gasteiger partial charge on any atom is -0.423 e. The first kappa shape index (κ1) is 22.5. The second-order valence-corrected chi connectivity index (χ2v) is 7.86. The van der Waals surface area contributed by atoms with Crippen LogP contribution < -0.4 is 4.74 Å². The highest BCUT2D eigenvalue weighted by molar-refractivity contribution is 5.89. The van der Waals surface area contributed by atoms with E-state index in [2.05, 4.69) is 62.9 Å². The highest BCUT2D eigenvalue weighted by atomic mass is 16.5. The fraction of sp³-hybridized carbons (Fsp3) is 0.250. The molecule has 3 aromatic rings. The van der Waals surface area contributed by atoms with Gasteiger partial charge in [-0.1, -0.05) is 80.9 Å². The molecule has 31 heavy (non-hydrogen) atoms. The third kappa shape index (κ3) is 5.93. The number of benzene rings is 3. The Morgan fingerprint density at radius 1 is 0.903 bits per heavy atom. The van der Waals surface area contributed by atoms with E-state index >= 15 is 0 Å². The third-order valence-corrected chi connectivity index (χ3v) is 5.44. The molecule has 0 aromatic heterocycles. The molecule has 0 aliphatic carbocycles. The number of carbonyl (C=O) groups is 1. The number of ether oxygens (including phenoxy) is 1. The van der Waals surface area contributed by atoms with Crippen LogP contribution in [0.5, 0.6) is 5.75 Å². The Bertz CT molecular complexity index is 1030. The number of aryl methyl sites for hydroxylation is 2. The van der Waals surface area contributed by atoms with Gasteiger partial charge in [0.25, 0.3) is 0 Å². The Morgan fingerprint density at radius 2 is 1.55 bits per heavy atom. The highest BCUT2D eigenvalue weighted by Gasteiger charge is 2.09. The van der Waals surface area contributed by atoms with Gasteiger partial charge in [-0.25, -0.2) is 4.79 Å². The summed E-state index contributed by atoms with van der Waals surface area (Å²) in [5.74, 6) is -0.192. The molecular weight excluding hydrogens is 384 g/mol. The molecule has 160 valence electrons. The molecule has 0 unspecified atom stereocenters. The quantitative estimate of drug-likeness (QED) is 0.188. The summed E-state index contributed by atoms with van der Waals surface area (Å²) in [6.07, 6.45) is 4.92. The summed E-state index contributed by atoms with van der Waals surface area (Å²) in [4.78, 5) is 11.7. The van der Waals surface area contributed by atoms with Crippen molar-refractivity contribution in [2.45, 2.75) is 39.5 Å².